The molecule has 0 fully saturated rings. The summed E-state index contributed by atoms with van der Waals surface area (Å²) in [5, 5.41) is 0. The van der Waals surface area contributed by atoms with E-state index in [1.807, 2.05) is 0 Å². The third-order valence-corrected chi connectivity index (χ3v) is 5.48. The zero-order valence-corrected chi connectivity index (χ0v) is 14.8. The minimum atomic E-state index is -3.65. The van der Waals surface area contributed by atoms with Gasteiger partial charge in [-0.15, -0.1) is 0 Å². The number of sulfone groups is 1. The average molecular weight is 382 g/mol. The molecule has 0 radical (unpaired) electrons. The van der Waals surface area contributed by atoms with E-state index in [1.165, 1.54) is 36.8 Å². The molecule has 136 valence electrons. The first-order valence-corrected chi connectivity index (χ1v) is 9.47. The molecule has 2 aromatic carbocycles. The molecule has 0 spiro atoms. The first kappa shape index (κ1) is 17.0. The maximum Gasteiger partial charge on any atom is 0.289 e. The lowest BCUT2D eigenvalue weighted by molar-refractivity contribution is 0.346. The minimum absolute atomic E-state index is 0.161. The van der Waals surface area contributed by atoms with Crippen LogP contribution < -0.4 is 9.47 Å². The van der Waals surface area contributed by atoms with Gasteiger partial charge in [0.2, 0.25) is 9.84 Å². The van der Waals surface area contributed by atoms with Crippen molar-refractivity contribution in [1.29, 1.82) is 0 Å². The molecule has 0 atom stereocenters. The smallest absolute Gasteiger partial charge is 0.289 e. The fourth-order valence-corrected chi connectivity index (χ4v) is 3.65. The van der Waals surface area contributed by atoms with Crippen molar-refractivity contribution in [2.75, 3.05) is 0 Å². The fourth-order valence-electron chi connectivity index (χ4n) is 2.39. The van der Waals surface area contributed by atoms with Crippen LogP contribution >= 0.6 is 0 Å². The van der Waals surface area contributed by atoms with Gasteiger partial charge in [0.05, 0.1) is 22.3 Å². The van der Waals surface area contributed by atoms with Crippen molar-refractivity contribution >= 4 is 9.84 Å². The van der Waals surface area contributed by atoms with E-state index in [1.54, 1.807) is 48.5 Å². The van der Waals surface area contributed by atoms with E-state index in [2.05, 4.69) is 0 Å². The Bertz CT molecular complexity index is 1010. The predicted octanol–water partition coefficient (Wildman–Crippen LogP) is 5.29. The summed E-state index contributed by atoms with van der Waals surface area (Å²) in [5.74, 6) is 1.62. The van der Waals surface area contributed by atoms with Crippen molar-refractivity contribution in [2.45, 2.75) is 9.79 Å². The SMILES string of the molecule is O=S(=O)(c1ccc(Oc2ccco2)cc1)c1ccc(Oc2ccco2)cc1. The van der Waals surface area contributed by atoms with E-state index >= 15 is 0 Å². The van der Waals surface area contributed by atoms with E-state index in [4.69, 9.17) is 18.3 Å². The molecule has 0 bridgehead atoms. The van der Waals surface area contributed by atoms with Crippen molar-refractivity contribution in [2.24, 2.45) is 0 Å². The first-order chi connectivity index (χ1) is 13.1. The average Bonchev–Trinajstić information content (AvgIpc) is 3.37. The maximum absolute atomic E-state index is 12.8. The monoisotopic (exact) mass is 382 g/mol. The number of ether oxygens (including phenoxy) is 2. The van der Waals surface area contributed by atoms with E-state index in [9.17, 15) is 8.42 Å². The van der Waals surface area contributed by atoms with Gasteiger partial charge < -0.3 is 18.3 Å². The second kappa shape index (κ2) is 7.05. The molecule has 2 heterocycles. The predicted molar refractivity (Wildman–Crippen MR) is 95.9 cm³/mol. The summed E-state index contributed by atoms with van der Waals surface area (Å²) < 4.78 is 46.7. The molecule has 0 amide bonds. The molecular formula is C20H14O6S. The summed E-state index contributed by atoms with van der Waals surface area (Å²) in [6.07, 6.45) is 2.99. The Morgan fingerprint density at radius 3 is 1.33 bits per heavy atom. The molecule has 4 aromatic rings. The molecule has 27 heavy (non-hydrogen) atoms. The Hall–Kier alpha value is -3.45. The molecule has 0 aliphatic rings. The topological polar surface area (TPSA) is 78.9 Å². The van der Waals surface area contributed by atoms with Gasteiger partial charge in [0.15, 0.2) is 0 Å². The van der Waals surface area contributed by atoms with Gasteiger partial charge in [0.25, 0.3) is 11.9 Å². The lowest BCUT2D eigenvalue weighted by Crippen LogP contribution is -2.01. The zero-order valence-electron chi connectivity index (χ0n) is 13.9. The van der Waals surface area contributed by atoms with Gasteiger partial charge in [-0.1, -0.05) is 0 Å². The molecule has 4 rings (SSSR count). The van der Waals surface area contributed by atoms with Gasteiger partial charge in [-0.05, 0) is 60.7 Å². The summed E-state index contributed by atoms with van der Waals surface area (Å²) in [5.41, 5.74) is 0. The quantitative estimate of drug-likeness (QED) is 0.451. The highest BCUT2D eigenvalue weighted by Crippen LogP contribution is 2.28. The highest BCUT2D eigenvalue weighted by Gasteiger charge is 2.18. The number of furan rings is 2. The van der Waals surface area contributed by atoms with Crippen molar-refractivity contribution in [3.05, 3.63) is 85.3 Å². The Morgan fingerprint density at radius 1 is 0.593 bits per heavy atom. The van der Waals surface area contributed by atoms with Crippen molar-refractivity contribution in [3.63, 3.8) is 0 Å². The lowest BCUT2D eigenvalue weighted by atomic mass is 10.3. The molecule has 6 nitrogen and oxygen atoms in total. The zero-order chi connectivity index (χ0) is 18.7. The summed E-state index contributed by atoms with van der Waals surface area (Å²) in [6, 6.07) is 19.0. The van der Waals surface area contributed by atoms with Gasteiger partial charge in [0, 0.05) is 12.1 Å². The van der Waals surface area contributed by atoms with Crippen LogP contribution in [0.25, 0.3) is 0 Å². The van der Waals surface area contributed by atoms with Gasteiger partial charge in [-0.3, -0.25) is 0 Å². The molecule has 0 N–H and O–H groups in total. The number of rotatable bonds is 6. The first-order valence-electron chi connectivity index (χ1n) is 7.99. The number of hydrogen-bond donors (Lipinski definition) is 0. The molecule has 7 heteroatoms. The molecule has 0 saturated carbocycles. The van der Waals surface area contributed by atoms with Crippen LogP contribution in [0.15, 0.2) is 104 Å². The van der Waals surface area contributed by atoms with Crippen LogP contribution in [0.3, 0.4) is 0 Å². The summed E-state index contributed by atoms with van der Waals surface area (Å²) in [6.45, 7) is 0. The number of hydrogen-bond acceptors (Lipinski definition) is 6. The third-order valence-electron chi connectivity index (χ3n) is 3.70. The van der Waals surface area contributed by atoms with Crippen molar-refractivity contribution in [3.8, 4) is 23.4 Å². The normalized spacial score (nSPS) is 11.3. The van der Waals surface area contributed by atoms with Crippen LogP contribution in [0.1, 0.15) is 0 Å². The van der Waals surface area contributed by atoms with E-state index < -0.39 is 9.84 Å². The number of benzene rings is 2. The van der Waals surface area contributed by atoms with Gasteiger partial charge >= 0.3 is 0 Å². The molecule has 0 aliphatic heterocycles. The van der Waals surface area contributed by atoms with Gasteiger partial charge in [-0.25, -0.2) is 8.42 Å². The standard InChI is InChI=1S/C20H14O6S/c21-27(22,17-9-5-15(6-10-17)25-19-3-1-13-23-19)18-11-7-16(8-12-18)26-20-4-2-14-24-20/h1-14H. The summed E-state index contributed by atoms with van der Waals surface area (Å²) in [7, 11) is -3.65. The molecule has 0 unspecified atom stereocenters. The maximum atomic E-state index is 12.8. The summed E-state index contributed by atoms with van der Waals surface area (Å²) in [4.78, 5) is 0.322. The second-order valence-corrected chi connectivity index (χ2v) is 7.46. The largest absolute Gasteiger partial charge is 0.434 e. The Kier molecular flexibility index (Phi) is 4.43. The Balaban J connectivity index is 1.52. The lowest BCUT2D eigenvalue weighted by Gasteiger charge is -2.07. The van der Waals surface area contributed by atoms with Crippen LogP contribution in [0.5, 0.6) is 23.4 Å². The van der Waals surface area contributed by atoms with E-state index in [-0.39, 0.29) is 9.79 Å². The van der Waals surface area contributed by atoms with Crippen LogP contribution in [0, 0.1) is 0 Å². The van der Waals surface area contributed by atoms with E-state index in [0.29, 0.717) is 23.4 Å². The minimum Gasteiger partial charge on any atom is -0.434 e. The van der Waals surface area contributed by atoms with Gasteiger partial charge in [0.1, 0.15) is 11.5 Å². The molecular weight excluding hydrogens is 368 g/mol. The molecule has 2 aromatic heterocycles. The van der Waals surface area contributed by atoms with E-state index in [0.717, 1.165) is 0 Å². The summed E-state index contributed by atoms with van der Waals surface area (Å²) >= 11 is 0. The fraction of sp³-hybridized carbons (Fsp3) is 0. The van der Waals surface area contributed by atoms with Gasteiger partial charge in [-0.2, -0.15) is 0 Å². The highest BCUT2D eigenvalue weighted by molar-refractivity contribution is 7.91. The van der Waals surface area contributed by atoms with Crippen molar-refractivity contribution < 1.29 is 26.7 Å². The van der Waals surface area contributed by atoms with Crippen LogP contribution in [-0.4, -0.2) is 8.42 Å². The van der Waals surface area contributed by atoms with Crippen molar-refractivity contribution in [1.82, 2.24) is 0 Å². The van der Waals surface area contributed by atoms with Crippen LogP contribution in [0.4, 0.5) is 0 Å². The molecule has 0 aliphatic carbocycles. The highest BCUT2D eigenvalue weighted by atomic mass is 32.2. The van der Waals surface area contributed by atoms with Crippen LogP contribution in [-0.2, 0) is 9.84 Å². The Morgan fingerprint density at radius 2 is 1.00 bits per heavy atom. The second-order valence-electron chi connectivity index (χ2n) is 5.51. The molecule has 0 saturated heterocycles. The third kappa shape index (κ3) is 3.73. The Labute approximate surface area is 155 Å². The van der Waals surface area contributed by atoms with Crippen LogP contribution in [0.2, 0.25) is 0 Å².